The highest BCUT2D eigenvalue weighted by molar-refractivity contribution is 7.80. The molecule has 1 fully saturated rings. The average molecular weight is 424 g/mol. The third-order valence-electron chi connectivity index (χ3n) is 3.89. The predicted molar refractivity (Wildman–Crippen MR) is 104 cm³/mol. The summed E-state index contributed by atoms with van der Waals surface area (Å²) in [7, 11) is 3.02. The molecular weight excluding hydrogens is 409 g/mol. The summed E-state index contributed by atoms with van der Waals surface area (Å²) >= 11 is 5.20. The van der Waals surface area contributed by atoms with E-state index in [-0.39, 0.29) is 10.8 Å². The lowest BCUT2D eigenvalue weighted by molar-refractivity contribution is -0.274. The Bertz CT molecular complexity index is 952. The van der Waals surface area contributed by atoms with Gasteiger partial charge in [-0.25, -0.2) is 0 Å². The first kappa shape index (κ1) is 20.5. The lowest BCUT2D eigenvalue weighted by Crippen LogP contribution is -2.30. The Labute approximate surface area is 169 Å². The molecule has 29 heavy (non-hydrogen) atoms. The summed E-state index contributed by atoms with van der Waals surface area (Å²) in [5.74, 6) is 0.231. The summed E-state index contributed by atoms with van der Waals surface area (Å²) in [6.07, 6.45) is -3.23. The highest BCUT2D eigenvalue weighted by atomic mass is 32.1. The van der Waals surface area contributed by atoms with Crippen LogP contribution in [0.5, 0.6) is 17.2 Å². The van der Waals surface area contributed by atoms with Crippen LogP contribution in [0.15, 0.2) is 48.2 Å². The Balaban J connectivity index is 1.85. The second-order valence-corrected chi connectivity index (χ2v) is 6.20. The molecule has 1 aliphatic heterocycles. The minimum atomic E-state index is -4.80. The predicted octanol–water partition coefficient (Wildman–Crippen LogP) is 3.86. The molecule has 10 heteroatoms. The summed E-state index contributed by atoms with van der Waals surface area (Å²) in [6, 6.07) is 9.93. The fourth-order valence-electron chi connectivity index (χ4n) is 2.65. The van der Waals surface area contributed by atoms with E-state index in [1.54, 1.807) is 24.3 Å². The SMILES string of the molecule is COc1cc(/C=C2\NC(=S)N(c3ccc(OC(F)(F)F)cc3)C2=O)cc(OC)c1. The van der Waals surface area contributed by atoms with E-state index in [1.165, 1.54) is 31.3 Å². The number of carbonyl (C=O) groups is 1. The second-order valence-electron chi connectivity index (χ2n) is 5.82. The fraction of sp³-hybridized carbons (Fsp3) is 0.158. The molecule has 1 heterocycles. The number of rotatable bonds is 5. The first-order valence-corrected chi connectivity index (χ1v) is 8.57. The molecule has 2 aromatic carbocycles. The Morgan fingerprint density at radius 2 is 1.59 bits per heavy atom. The molecule has 3 rings (SSSR count). The standard InChI is InChI=1S/C19H15F3N2O4S/c1-26-14-7-11(8-15(10-14)27-2)9-16-17(25)24(18(29)23-16)12-3-5-13(6-4-12)28-19(20,21)22/h3-10H,1-2H3,(H,23,29)/b16-9-. The van der Waals surface area contributed by atoms with Crippen molar-refractivity contribution in [3.8, 4) is 17.2 Å². The Morgan fingerprint density at radius 3 is 2.10 bits per heavy atom. The van der Waals surface area contributed by atoms with E-state index in [9.17, 15) is 18.0 Å². The average Bonchev–Trinajstić information content (AvgIpc) is 2.94. The van der Waals surface area contributed by atoms with Gasteiger partial charge in [-0.2, -0.15) is 0 Å². The fourth-order valence-corrected chi connectivity index (χ4v) is 2.94. The van der Waals surface area contributed by atoms with E-state index in [4.69, 9.17) is 21.7 Å². The monoisotopic (exact) mass is 424 g/mol. The van der Waals surface area contributed by atoms with Crippen LogP contribution < -0.4 is 24.4 Å². The van der Waals surface area contributed by atoms with Gasteiger partial charge in [0.05, 0.1) is 19.9 Å². The van der Waals surface area contributed by atoms with Crippen LogP contribution in [0.25, 0.3) is 6.08 Å². The van der Waals surface area contributed by atoms with Gasteiger partial charge in [-0.3, -0.25) is 9.69 Å². The third-order valence-corrected chi connectivity index (χ3v) is 4.18. The molecular formula is C19H15F3N2O4S. The first-order chi connectivity index (χ1) is 13.7. The van der Waals surface area contributed by atoms with E-state index in [0.29, 0.717) is 22.7 Å². The van der Waals surface area contributed by atoms with Crippen LogP contribution in [0, 0.1) is 0 Å². The van der Waals surface area contributed by atoms with Crippen molar-refractivity contribution in [3.63, 3.8) is 0 Å². The maximum atomic E-state index is 12.8. The smallest absolute Gasteiger partial charge is 0.497 e. The van der Waals surface area contributed by atoms with Crippen molar-refractivity contribution < 1.29 is 32.2 Å². The Hall–Kier alpha value is -3.27. The van der Waals surface area contributed by atoms with Crippen LogP contribution in [0.2, 0.25) is 0 Å². The lowest BCUT2D eigenvalue weighted by Gasteiger charge is -2.15. The van der Waals surface area contributed by atoms with Crippen molar-refractivity contribution >= 4 is 35.0 Å². The van der Waals surface area contributed by atoms with E-state index >= 15 is 0 Å². The van der Waals surface area contributed by atoms with Gasteiger partial charge in [0.2, 0.25) is 0 Å². The normalized spacial score (nSPS) is 15.5. The topological polar surface area (TPSA) is 60.0 Å². The van der Waals surface area contributed by atoms with Crippen LogP contribution in [-0.2, 0) is 4.79 Å². The van der Waals surface area contributed by atoms with Crippen LogP contribution in [0.3, 0.4) is 0 Å². The molecule has 0 bridgehead atoms. The van der Waals surface area contributed by atoms with Gasteiger partial charge >= 0.3 is 6.36 Å². The van der Waals surface area contributed by atoms with E-state index in [1.807, 2.05) is 0 Å². The minimum absolute atomic E-state index is 0.0978. The largest absolute Gasteiger partial charge is 0.573 e. The van der Waals surface area contributed by atoms with Gasteiger partial charge in [0.1, 0.15) is 22.9 Å². The number of methoxy groups -OCH3 is 2. The van der Waals surface area contributed by atoms with Crippen molar-refractivity contribution in [2.45, 2.75) is 6.36 Å². The molecule has 0 saturated carbocycles. The number of benzene rings is 2. The number of nitrogens with one attached hydrogen (secondary N) is 1. The number of hydrogen-bond donors (Lipinski definition) is 1. The summed E-state index contributed by atoms with van der Waals surface area (Å²) in [5.41, 5.74) is 1.13. The zero-order chi connectivity index (χ0) is 21.2. The molecule has 1 aliphatic rings. The van der Waals surface area contributed by atoms with E-state index < -0.39 is 18.0 Å². The Kier molecular flexibility index (Phi) is 5.64. The molecule has 1 amide bonds. The number of thiocarbonyl (C=S) groups is 1. The molecule has 1 saturated heterocycles. The molecule has 1 N–H and O–H groups in total. The van der Waals surface area contributed by atoms with Gasteiger partial charge in [-0.1, -0.05) is 0 Å². The van der Waals surface area contributed by atoms with Gasteiger partial charge in [-0.05, 0) is 60.3 Å². The van der Waals surface area contributed by atoms with Crippen molar-refractivity contribution in [3.05, 3.63) is 53.7 Å². The van der Waals surface area contributed by atoms with E-state index in [2.05, 4.69) is 10.1 Å². The zero-order valence-electron chi connectivity index (χ0n) is 15.2. The van der Waals surface area contributed by atoms with Crippen LogP contribution >= 0.6 is 12.2 Å². The van der Waals surface area contributed by atoms with Gasteiger partial charge in [0.25, 0.3) is 5.91 Å². The highest BCUT2D eigenvalue weighted by Crippen LogP contribution is 2.29. The molecule has 0 aromatic heterocycles. The number of carbonyl (C=O) groups excluding carboxylic acids is 1. The summed E-state index contributed by atoms with van der Waals surface area (Å²) in [4.78, 5) is 14.0. The van der Waals surface area contributed by atoms with Crippen LogP contribution in [0.4, 0.5) is 18.9 Å². The number of halogens is 3. The van der Waals surface area contributed by atoms with Gasteiger partial charge in [0, 0.05) is 6.07 Å². The lowest BCUT2D eigenvalue weighted by atomic mass is 10.1. The molecule has 152 valence electrons. The maximum absolute atomic E-state index is 12.8. The molecule has 0 spiro atoms. The molecule has 0 aliphatic carbocycles. The number of nitrogens with zero attached hydrogens (tertiary/aromatic N) is 1. The number of amides is 1. The maximum Gasteiger partial charge on any atom is 0.573 e. The van der Waals surface area contributed by atoms with Crippen molar-refractivity contribution in [2.24, 2.45) is 0 Å². The highest BCUT2D eigenvalue weighted by Gasteiger charge is 2.33. The number of alkyl halides is 3. The summed E-state index contributed by atoms with van der Waals surface area (Å²) in [6.45, 7) is 0. The van der Waals surface area contributed by atoms with Crippen molar-refractivity contribution in [1.82, 2.24) is 5.32 Å². The van der Waals surface area contributed by atoms with E-state index in [0.717, 1.165) is 12.1 Å². The summed E-state index contributed by atoms with van der Waals surface area (Å²) in [5, 5.41) is 2.90. The minimum Gasteiger partial charge on any atom is -0.497 e. The Morgan fingerprint density at radius 1 is 1.00 bits per heavy atom. The molecule has 0 radical (unpaired) electrons. The second kappa shape index (κ2) is 8.00. The van der Waals surface area contributed by atoms with Crippen LogP contribution in [0.1, 0.15) is 5.56 Å². The van der Waals surface area contributed by atoms with Crippen LogP contribution in [-0.4, -0.2) is 31.6 Å². The summed E-state index contributed by atoms with van der Waals surface area (Å²) < 4.78 is 51.1. The first-order valence-electron chi connectivity index (χ1n) is 8.16. The molecule has 0 unspecified atom stereocenters. The van der Waals surface area contributed by atoms with Crippen molar-refractivity contribution in [1.29, 1.82) is 0 Å². The molecule has 0 atom stereocenters. The van der Waals surface area contributed by atoms with Crippen molar-refractivity contribution in [2.75, 3.05) is 19.1 Å². The number of ether oxygens (including phenoxy) is 3. The van der Waals surface area contributed by atoms with Gasteiger partial charge < -0.3 is 19.5 Å². The number of anilines is 1. The number of hydrogen-bond acceptors (Lipinski definition) is 5. The quantitative estimate of drug-likeness (QED) is 0.581. The zero-order valence-corrected chi connectivity index (χ0v) is 16.1. The third kappa shape index (κ3) is 4.77. The molecule has 6 nitrogen and oxygen atoms in total. The molecule has 2 aromatic rings. The van der Waals surface area contributed by atoms with Gasteiger partial charge in [0.15, 0.2) is 5.11 Å². The van der Waals surface area contributed by atoms with Gasteiger partial charge in [-0.15, -0.1) is 13.2 Å².